The first kappa shape index (κ1) is 16.8. The summed E-state index contributed by atoms with van der Waals surface area (Å²) >= 11 is 0. The summed E-state index contributed by atoms with van der Waals surface area (Å²) in [6.45, 7) is -0.595. The predicted molar refractivity (Wildman–Crippen MR) is 77.5 cm³/mol. The van der Waals surface area contributed by atoms with Crippen molar-refractivity contribution in [2.24, 2.45) is 0 Å². The number of benzene rings is 1. The fraction of sp³-hybridized carbons (Fsp3) is 0.250. The Morgan fingerprint density at radius 1 is 1.17 bits per heavy atom. The minimum absolute atomic E-state index is 0.0388. The smallest absolute Gasteiger partial charge is 0.422 e. The van der Waals surface area contributed by atoms with Crippen molar-refractivity contribution in [3.8, 4) is 11.9 Å². The Hall–Kier alpha value is -2.59. The summed E-state index contributed by atoms with van der Waals surface area (Å²) in [5.74, 6) is -0.0388. The number of aromatic nitrogens is 1. The number of alkyl halides is 3. The highest BCUT2D eigenvalue weighted by Gasteiger charge is 2.29. The molecule has 0 fully saturated rings. The van der Waals surface area contributed by atoms with E-state index in [-0.39, 0.29) is 5.88 Å². The lowest BCUT2D eigenvalue weighted by atomic mass is 10.1. The summed E-state index contributed by atoms with van der Waals surface area (Å²) in [7, 11) is 0. The summed E-state index contributed by atoms with van der Waals surface area (Å²) in [5.41, 5.74) is 2.00. The van der Waals surface area contributed by atoms with Gasteiger partial charge in [-0.05, 0) is 23.8 Å². The van der Waals surface area contributed by atoms with Crippen molar-refractivity contribution in [2.75, 3.05) is 6.61 Å². The van der Waals surface area contributed by atoms with Gasteiger partial charge in [0, 0.05) is 24.8 Å². The van der Waals surface area contributed by atoms with Gasteiger partial charge in [0.1, 0.15) is 0 Å². The van der Waals surface area contributed by atoms with Crippen LogP contribution in [0.2, 0.25) is 0 Å². The van der Waals surface area contributed by atoms with Gasteiger partial charge in [0.05, 0.1) is 11.6 Å². The van der Waals surface area contributed by atoms with E-state index in [2.05, 4.69) is 16.4 Å². The summed E-state index contributed by atoms with van der Waals surface area (Å²) in [5, 5.41) is 11.9. The molecular weight excluding hydrogens is 307 g/mol. The highest BCUT2D eigenvalue weighted by molar-refractivity contribution is 5.32. The molecule has 23 heavy (non-hydrogen) atoms. The molecule has 7 heteroatoms. The predicted octanol–water partition coefficient (Wildman–Crippen LogP) is 3.18. The first-order chi connectivity index (χ1) is 11.0. The fourth-order valence-corrected chi connectivity index (χ4v) is 1.93. The molecule has 0 radical (unpaired) electrons. The molecule has 1 aromatic carbocycles. The number of hydrogen-bond acceptors (Lipinski definition) is 4. The van der Waals surface area contributed by atoms with Gasteiger partial charge in [-0.25, -0.2) is 4.98 Å². The van der Waals surface area contributed by atoms with Crippen molar-refractivity contribution in [3.05, 3.63) is 59.3 Å². The summed E-state index contributed by atoms with van der Waals surface area (Å²) in [6, 6.07) is 12.4. The first-order valence-corrected chi connectivity index (χ1v) is 6.81. The highest BCUT2D eigenvalue weighted by atomic mass is 19.4. The molecular formula is C16H14F3N3O. The molecule has 0 unspecified atom stereocenters. The molecule has 1 heterocycles. The van der Waals surface area contributed by atoms with Crippen LogP contribution in [0.3, 0.4) is 0 Å². The third-order valence-electron chi connectivity index (χ3n) is 2.92. The van der Waals surface area contributed by atoms with Gasteiger partial charge in [-0.2, -0.15) is 18.4 Å². The molecule has 0 aliphatic carbocycles. The van der Waals surface area contributed by atoms with Crippen molar-refractivity contribution in [1.82, 2.24) is 10.3 Å². The average Bonchev–Trinajstić information content (AvgIpc) is 2.53. The molecule has 0 aliphatic heterocycles. The number of hydrogen-bond donors (Lipinski definition) is 1. The molecule has 0 bridgehead atoms. The third-order valence-corrected chi connectivity index (χ3v) is 2.92. The Kier molecular flexibility index (Phi) is 5.55. The highest BCUT2D eigenvalue weighted by Crippen LogP contribution is 2.20. The molecule has 2 aromatic rings. The van der Waals surface area contributed by atoms with E-state index in [9.17, 15) is 13.2 Å². The van der Waals surface area contributed by atoms with Gasteiger partial charge in [-0.1, -0.05) is 18.2 Å². The molecule has 0 saturated carbocycles. The number of pyridine rings is 1. The maximum Gasteiger partial charge on any atom is 0.422 e. The lowest BCUT2D eigenvalue weighted by molar-refractivity contribution is -0.154. The Bertz CT molecular complexity index is 695. The maximum atomic E-state index is 12.2. The van der Waals surface area contributed by atoms with Crippen LogP contribution in [0.5, 0.6) is 5.88 Å². The van der Waals surface area contributed by atoms with Crippen LogP contribution in [0.4, 0.5) is 13.2 Å². The van der Waals surface area contributed by atoms with Gasteiger partial charge < -0.3 is 10.1 Å². The Balaban J connectivity index is 1.94. The van der Waals surface area contributed by atoms with E-state index in [4.69, 9.17) is 10.00 Å². The average molecular weight is 321 g/mol. The molecule has 0 atom stereocenters. The van der Waals surface area contributed by atoms with Crippen molar-refractivity contribution in [3.63, 3.8) is 0 Å². The molecule has 0 saturated heterocycles. The van der Waals surface area contributed by atoms with Crippen LogP contribution >= 0.6 is 0 Å². The molecule has 0 aliphatic rings. The van der Waals surface area contributed by atoms with Crippen molar-refractivity contribution >= 4 is 0 Å². The van der Waals surface area contributed by atoms with Crippen molar-refractivity contribution in [2.45, 2.75) is 19.3 Å². The minimum Gasteiger partial charge on any atom is -0.468 e. The fourth-order valence-electron chi connectivity index (χ4n) is 1.93. The van der Waals surface area contributed by atoms with Crippen molar-refractivity contribution in [1.29, 1.82) is 5.26 Å². The molecule has 4 nitrogen and oxygen atoms in total. The second kappa shape index (κ2) is 7.61. The molecule has 1 N–H and O–H groups in total. The third kappa shape index (κ3) is 5.60. The lowest BCUT2D eigenvalue weighted by Crippen LogP contribution is -2.21. The van der Waals surface area contributed by atoms with Crippen LogP contribution < -0.4 is 10.1 Å². The summed E-state index contributed by atoms with van der Waals surface area (Å²) in [4.78, 5) is 3.83. The first-order valence-electron chi connectivity index (χ1n) is 6.81. The SMILES string of the molecule is N#Cc1cccc(CNCc2cccnc2OCC(F)(F)F)c1. The lowest BCUT2D eigenvalue weighted by Gasteiger charge is -2.12. The molecule has 2 rings (SSSR count). The second-order valence-corrected chi connectivity index (χ2v) is 4.79. The van der Waals surface area contributed by atoms with E-state index in [0.717, 1.165) is 5.56 Å². The topological polar surface area (TPSA) is 57.9 Å². The monoisotopic (exact) mass is 321 g/mol. The van der Waals surface area contributed by atoms with Gasteiger partial charge >= 0.3 is 6.18 Å². The number of nitriles is 1. The molecule has 0 amide bonds. The summed E-state index contributed by atoms with van der Waals surface area (Å²) < 4.78 is 41.4. The maximum absolute atomic E-state index is 12.2. The van der Waals surface area contributed by atoms with E-state index < -0.39 is 12.8 Å². The van der Waals surface area contributed by atoms with Crippen LogP contribution in [-0.4, -0.2) is 17.8 Å². The summed E-state index contributed by atoms with van der Waals surface area (Å²) in [6.07, 6.45) is -3.02. The zero-order chi connectivity index (χ0) is 16.7. The van der Waals surface area contributed by atoms with Gasteiger partial charge in [-0.15, -0.1) is 0 Å². The van der Waals surface area contributed by atoms with E-state index >= 15 is 0 Å². The van der Waals surface area contributed by atoms with E-state index in [1.807, 2.05) is 6.07 Å². The number of rotatable bonds is 6. The largest absolute Gasteiger partial charge is 0.468 e. The standard InChI is InChI=1S/C16H14F3N3O/c17-16(18,19)11-23-15-14(5-2-6-22-15)10-21-9-13-4-1-3-12(7-13)8-20/h1-7,21H,9-11H2. The van der Waals surface area contributed by atoms with Gasteiger partial charge in [-0.3, -0.25) is 0 Å². The quantitative estimate of drug-likeness (QED) is 0.888. The van der Waals surface area contributed by atoms with Gasteiger partial charge in [0.15, 0.2) is 6.61 Å². The number of nitrogens with zero attached hydrogens (tertiary/aromatic N) is 2. The van der Waals surface area contributed by atoms with Gasteiger partial charge in [0.2, 0.25) is 5.88 Å². The zero-order valence-corrected chi connectivity index (χ0v) is 12.1. The zero-order valence-electron chi connectivity index (χ0n) is 12.1. The molecule has 1 aromatic heterocycles. The van der Waals surface area contributed by atoms with Crippen LogP contribution in [0.15, 0.2) is 42.6 Å². The number of halogens is 3. The van der Waals surface area contributed by atoms with Crippen LogP contribution in [0, 0.1) is 11.3 Å². The number of nitrogens with one attached hydrogen (secondary N) is 1. The Morgan fingerprint density at radius 3 is 2.74 bits per heavy atom. The van der Waals surface area contributed by atoms with Crippen molar-refractivity contribution < 1.29 is 17.9 Å². The van der Waals surface area contributed by atoms with Crippen LogP contribution in [0.1, 0.15) is 16.7 Å². The van der Waals surface area contributed by atoms with Crippen LogP contribution in [-0.2, 0) is 13.1 Å². The van der Waals surface area contributed by atoms with E-state index in [1.54, 1.807) is 30.3 Å². The normalized spacial score (nSPS) is 11.0. The Labute approximate surface area is 131 Å². The molecule has 0 spiro atoms. The Morgan fingerprint density at radius 2 is 2.00 bits per heavy atom. The number of ether oxygens (including phenoxy) is 1. The van der Waals surface area contributed by atoms with E-state index in [1.165, 1.54) is 6.20 Å². The second-order valence-electron chi connectivity index (χ2n) is 4.79. The van der Waals surface area contributed by atoms with Gasteiger partial charge in [0.25, 0.3) is 0 Å². The van der Waals surface area contributed by atoms with Crippen LogP contribution in [0.25, 0.3) is 0 Å². The minimum atomic E-state index is -4.40. The van der Waals surface area contributed by atoms with E-state index in [0.29, 0.717) is 24.2 Å². The molecule has 120 valence electrons.